The van der Waals surface area contributed by atoms with Crippen molar-refractivity contribution in [2.75, 3.05) is 6.26 Å². The molecule has 0 atom stereocenters. The molecule has 152 valence electrons. The maximum Gasteiger partial charge on any atom is 0.353 e. The maximum absolute atomic E-state index is 13.2. The van der Waals surface area contributed by atoms with Crippen LogP contribution in [0.5, 0.6) is 0 Å². The average Bonchev–Trinajstić information content (AvgIpc) is 2.62. The summed E-state index contributed by atoms with van der Waals surface area (Å²) < 4.78 is 24.9. The van der Waals surface area contributed by atoms with E-state index in [0.29, 0.717) is 22.3 Å². The van der Waals surface area contributed by atoms with Gasteiger partial charge in [-0.15, -0.1) is 0 Å². The van der Waals surface area contributed by atoms with E-state index in [-0.39, 0.29) is 34.0 Å². The van der Waals surface area contributed by atoms with Crippen molar-refractivity contribution in [3.05, 3.63) is 69.1 Å². The first-order valence-electron chi connectivity index (χ1n) is 9.07. The third kappa shape index (κ3) is 3.93. The van der Waals surface area contributed by atoms with Gasteiger partial charge in [0, 0.05) is 30.0 Å². The molecule has 0 aliphatic heterocycles. The smallest absolute Gasteiger partial charge is 0.353 e. The van der Waals surface area contributed by atoms with Crippen LogP contribution in [0.3, 0.4) is 0 Å². The molecule has 1 aromatic carbocycles. The number of carbonyl (C=O) groups is 1. The number of nitrogens with zero attached hydrogens (tertiary/aromatic N) is 2. The summed E-state index contributed by atoms with van der Waals surface area (Å²) in [5, 5.41) is 10.3. The van der Waals surface area contributed by atoms with E-state index < -0.39 is 15.8 Å². The molecule has 0 fully saturated rings. The molecular weight excluding hydrogens is 392 g/mol. The minimum Gasteiger partial charge on any atom is -0.477 e. The summed E-state index contributed by atoms with van der Waals surface area (Å²) in [7, 11) is -3.34. The van der Waals surface area contributed by atoms with E-state index in [0.717, 1.165) is 6.26 Å². The quantitative estimate of drug-likeness (QED) is 0.688. The lowest BCUT2D eigenvalue weighted by atomic mass is 10.00. The zero-order valence-electron chi connectivity index (χ0n) is 16.6. The first-order valence-corrected chi connectivity index (χ1v) is 11.0. The van der Waals surface area contributed by atoms with Gasteiger partial charge in [0.25, 0.3) is 0 Å². The fraction of sp³-hybridized carbons (Fsp3) is 0.286. The van der Waals surface area contributed by atoms with E-state index in [1.54, 1.807) is 35.8 Å². The van der Waals surface area contributed by atoms with Crippen molar-refractivity contribution in [2.45, 2.75) is 38.1 Å². The van der Waals surface area contributed by atoms with Gasteiger partial charge in [-0.3, -0.25) is 4.79 Å². The van der Waals surface area contributed by atoms with Gasteiger partial charge in [0.15, 0.2) is 15.3 Å². The van der Waals surface area contributed by atoms with E-state index in [9.17, 15) is 23.1 Å². The molecule has 0 bridgehead atoms. The van der Waals surface area contributed by atoms with Crippen LogP contribution in [0.1, 0.15) is 47.2 Å². The van der Waals surface area contributed by atoms with Crippen molar-refractivity contribution in [1.82, 2.24) is 9.55 Å². The summed E-state index contributed by atoms with van der Waals surface area (Å²) in [6.45, 7) is 5.46. The lowest BCUT2D eigenvalue weighted by molar-refractivity contribution is 0.0681. The number of aryl methyl sites for hydroxylation is 1. The van der Waals surface area contributed by atoms with Gasteiger partial charge in [-0.1, -0.05) is 12.1 Å². The molecule has 0 aliphatic carbocycles. The van der Waals surface area contributed by atoms with E-state index in [1.165, 1.54) is 12.1 Å². The number of hydrogen-bond donors (Lipinski definition) is 1. The zero-order valence-corrected chi connectivity index (χ0v) is 17.4. The molecule has 1 N–H and O–H groups in total. The molecule has 2 heterocycles. The van der Waals surface area contributed by atoms with Crippen molar-refractivity contribution in [3.63, 3.8) is 0 Å². The van der Waals surface area contributed by atoms with Gasteiger partial charge in [-0.2, -0.15) is 0 Å². The van der Waals surface area contributed by atoms with E-state index in [1.807, 2.05) is 13.8 Å². The normalized spacial score (nSPS) is 11.9. The monoisotopic (exact) mass is 414 g/mol. The molecule has 2 aromatic heterocycles. The zero-order chi connectivity index (χ0) is 21.5. The van der Waals surface area contributed by atoms with Gasteiger partial charge >= 0.3 is 5.97 Å². The Balaban J connectivity index is 2.28. The van der Waals surface area contributed by atoms with Crippen LogP contribution < -0.4 is 5.43 Å². The van der Waals surface area contributed by atoms with Crippen molar-refractivity contribution < 1.29 is 18.3 Å². The second kappa shape index (κ2) is 7.44. The Bertz CT molecular complexity index is 1270. The van der Waals surface area contributed by atoms with Crippen molar-refractivity contribution >= 4 is 26.8 Å². The molecule has 0 unspecified atom stereocenters. The lowest BCUT2D eigenvalue weighted by Gasteiger charge is -2.20. The van der Waals surface area contributed by atoms with Gasteiger partial charge < -0.3 is 9.67 Å². The minimum absolute atomic E-state index is 0.0705. The Hall–Kier alpha value is -3.00. The van der Waals surface area contributed by atoms with Crippen LogP contribution in [0.15, 0.2) is 46.1 Å². The third-order valence-electron chi connectivity index (χ3n) is 4.74. The highest BCUT2D eigenvalue weighted by molar-refractivity contribution is 7.90. The summed E-state index contributed by atoms with van der Waals surface area (Å²) in [6.07, 6.45) is 1.19. The van der Waals surface area contributed by atoms with E-state index >= 15 is 0 Å². The summed E-state index contributed by atoms with van der Waals surface area (Å²) in [4.78, 5) is 29.9. The number of sulfone groups is 1. The van der Waals surface area contributed by atoms with Crippen molar-refractivity contribution in [3.8, 4) is 0 Å². The van der Waals surface area contributed by atoms with Crippen LogP contribution in [-0.4, -0.2) is 35.3 Å². The van der Waals surface area contributed by atoms with Crippen LogP contribution in [0, 0.1) is 6.92 Å². The highest BCUT2D eigenvalue weighted by Crippen LogP contribution is 2.23. The van der Waals surface area contributed by atoms with Gasteiger partial charge in [-0.05, 0) is 50.6 Å². The third-order valence-corrected chi connectivity index (χ3v) is 5.87. The summed E-state index contributed by atoms with van der Waals surface area (Å²) in [6, 6.07) is 9.26. The standard InChI is InChI=1S/C21H22N2O5S/c1-12(2)23-18(21(25)26)17(19(24)16-10-5-13(3)22-20(16)23)11-14-6-8-15(9-7-14)29(4,27)28/h5-10,12H,11H2,1-4H3,(H,25,26). The maximum atomic E-state index is 13.2. The second-order valence-electron chi connectivity index (χ2n) is 7.34. The Morgan fingerprint density at radius 3 is 2.28 bits per heavy atom. The minimum atomic E-state index is -3.34. The van der Waals surface area contributed by atoms with Gasteiger partial charge in [0.05, 0.1) is 10.3 Å². The largest absolute Gasteiger partial charge is 0.477 e. The predicted octanol–water partition coefficient (Wildman–Crippen LogP) is 2.98. The van der Waals surface area contributed by atoms with Crippen molar-refractivity contribution in [1.29, 1.82) is 0 Å². The van der Waals surface area contributed by atoms with Crippen molar-refractivity contribution in [2.24, 2.45) is 0 Å². The Labute approximate surface area is 168 Å². The fourth-order valence-corrected chi connectivity index (χ4v) is 4.01. The highest BCUT2D eigenvalue weighted by atomic mass is 32.2. The first kappa shape index (κ1) is 20.7. The lowest BCUT2D eigenvalue weighted by Crippen LogP contribution is -2.26. The van der Waals surface area contributed by atoms with Gasteiger partial charge in [0.2, 0.25) is 0 Å². The number of hydrogen-bond acceptors (Lipinski definition) is 5. The van der Waals surface area contributed by atoms with Gasteiger partial charge in [0.1, 0.15) is 11.3 Å². The number of aromatic nitrogens is 2. The predicted molar refractivity (Wildman–Crippen MR) is 110 cm³/mol. The molecule has 0 spiro atoms. The fourth-order valence-electron chi connectivity index (χ4n) is 3.38. The molecule has 3 rings (SSSR count). The molecule has 7 nitrogen and oxygen atoms in total. The van der Waals surface area contributed by atoms with Gasteiger partial charge in [-0.25, -0.2) is 18.2 Å². The Morgan fingerprint density at radius 2 is 1.76 bits per heavy atom. The average molecular weight is 414 g/mol. The van der Waals surface area contributed by atoms with Crippen LogP contribution in [0.2, 0.25) is 0 Å². The van der Waals surface area contributed by atoms with Crippen LogP contribution in [-0.2, 0) is 16.3 Å². The Morgan fingerprint density at radius 1 is 1.14 bits per heavy atom. The molecule has 29 heavy (non-hydrogen) atoms. The molecule has 3 aromatic rings. The Kier molecular flexibility index (Phi) is 5.32. The van der Waals surface area contributed by atoms with E-state index in [4.69, 9.17) is 0 Å². The highest BCUT2D eigenvalue weighted by Gasteiger charge is 2.24. The molecule has 0 saturated heterocycles. The molecule has 8 heteroatoms. The second-order valence-corrected chi connectivity index (χ2v) is 9.36. The summed E-state index contributed by atoms with van der Waals surface area (Å²) >= 11 is 0. The number of rotatable bonds is 5. The number of carboxylic acid groups (broad SMARTS) is 1. The number of aromatic carboxylic acids is 1. The molecular formula is C21H22N2O5S. The molecule has 0 saturated carbocycles. The van der Waals surface area contributed by atoms with Crippen LogP contribution >= 0.6 is 0 Å². The summed E-state index contributed by atoms with van der Waals surface area (Å²) in [5.74, 6) is -1.20. The SMILES string of the molecule is Cc1ccc2c(=O)c(Cc3ccc(S(C)(=O)=O)cc3)c(C(=O)O)n(C(C)C)c2n1. The number of fused-ring (bicyclic) bond motifs is 1. The number of pyridine rings is 2. The molecule has 0 radical (unpaired) electrons. The summed E-state index contributed by atoms with van der Waals surface area (Å²) in [5.41, 5.74) is 1.35. The van der Waals surface area contributed by atoms with E-state index in [2.05, 4.69) is 4.98 Å². The number of carboxylic acids is 1. The van der Waals surface area contributed by atoms with Crippen LogP contribution in [0.4, 0.5) is 0 Å². The number of benzene rings is 1. The first-order chi connectivity index (χ1) is 13.5. The molecule has 0 amide bonds. The topological polar surface area (TPSA) is 106 Å². The molecule has 0 aliphatic rings. The van der Waals surface area contributed by atoms with Crippen LogP contribution in [0.25, 0.3) is 11.0 Å².